The fourth-order valence-electron chi connectivity index (χ4n) is 1.34. The van der Waals surface area contributed by atoms with Crippen molar-refractivity contribution in [1.82, 2.24) is 10.1 Å². The molecule has 1 heterocycles. The van der Waals surface area contributed by atoms with Gasteiger partial charge < -0.3 is 15.0 Å². The SMILES string of the molecule is COc1ccc(-c2nc(C(C)N)no2)cc1Br. The van der Waals surface area contributed by atoms with Gasteiger partial charge in [-0.15, -0.1) is 0 Å². The average Bonchev–Trinajstić information content (AvgIpc) is 2.78. The molecule has 0 saturated heterocycles. The van der Waals surface area contributed by atoms with Crippen molar-refractivity contribution in [2.75, 3.05) is 7.11 Å². The molecule has 1 atom stereocenters. The van der Waals surface area contributed by atoms with Crippen LogP contribution in [0, 0.1) is 0 Å². The van der Waals surface area contributed by atoms with Crippen LogP contribution in [0.4, 0.5) is 0 Å². The molecule has 0 fully saturated rings. The molecule has 2 rings (SSSR count). The minimum absolute atomic E-state index is 0.241. The average molecular weight is 298 g/mol. The number of aromatic nitrogens is 2. The van der Waals surface area contributed by atoms with Gasteiger partial charge in [0.1, 0.15) is 5.75 Å². The van der Waals surface area contributed by atoms with Gasteiger partial charge >= 0.3 is 0 Å². The van der Waals surface area contributed by atoms with Gasteiger partial charge in [0.2, 0.25) is 0 Å². The van der Waals surface area contributed by atoms with Crippen molar-refractivity contribution in [1.29, 1.82) is 0 Å². The maximum atomic E-state index is 5.67. The Kier molecular flexibility index (Phi) is 3.44. The summed E-state index contributed by atoms with van der Waals surface area (Å²) in [6.45, 7) is 1.80. The molecule has 0 amide bonds. The van der Waals surface area contributed by atoms with Gasteiger partial charge in [-0.05, 0) is 41.1 Å². The topological polar surface area (TPSA) is 74.2 Å². The first kappa shape index (κ1) is 12.1. The quantitative estimate of drug-likeness (QED) is 0.942. The third-order valence-corrected chi connectivity index (χ3v) is 2.87. The van der Waals surface area contributed by atoms with Crippen LogP contribution in [-0.2, 0) is 0 Å². The number of methoxy groups -OCH3 is 1. The largest absolute Gasteiger partial charge is 0.496 e. The van der Waals surface area contributed by atoms with Gasteiger partial charge in [-0.2, -0.15) is 4.98 Å². The Bertz CT molecular complexity index is 525. The standard InChI is InChI=1S/C11H12BrN3O2/c1-6(13)10-14-11(17-15-10)7-3-4-9(16-2)8(12)5-7/h3-6H,13H2,1-2H3. The van der Waals surface area contributed by atoms with Crippen LogP contribution in [0.3, 0.4) is 0 Å². The van der Waals surface area contributed by atoms with Crippen LogP contribution < -0.4 is 10.5 Å². The molecule has 0 saturated carbocycles. The lowest BCUT2D eigenvalue weighted by Crippen LogP contribution is -2.06. The third-order valence-electron chi connectivity index (χ3n) is 2.25. The van der Waals surface area contributed by atoms with Gasteiger partial charge in [0, 0.05) is 5.56 Å². The van der Waals surface area contributed by atoms with Crippen molar-refractivity contribution < 1.29 is 9.26 Å². The van der Waals surface area contributed by atoms with E-state index in [-0.39, 0.29) is 6.04 Å². The van der Waals surface area contributed by atoms with Crippen LogP contribution in [-0.4, -0.2) is 17.3 Å². The second-order valence-corrected chi connectivity index (χ2v) is 4.45. The summed E-state index contributed by atoms with van der Waals surface area (Å²) in [6.07, 6.45) is 0. The van der Waals surface area contributed by atoms with Crippen LogP contribution in [0.2, 0.25) is 0 Å². The van der Waals surface area contributed by atoms with Crippen LogP contribution in [0.5, 0.6) is 5.75 Å². The van der Waals surface area contributed by atoms with E-state index in [9.17, 15) is 0 Å². The maximum Gasteiger partial charge on any atom is 0.258 e. The van der Waals surface area contributed by atoms with Crippen LogP contribution in [0.25, 0.3) is 11.5 Å². The van der Waals surface area contributed by atoms with E-state index in [1.54, 1.807) is 14.0 Å². The molecule has 1 unspecified atom stereocenters. The second kappa shape index (κ2) is 4.85. The minimum Gasteiger partial charge on any atom is -0.496 e. The number of nitrogens with two attached hydrogens (primary N) is 1. The van der Waals surface area contributed by atoms with Gasteiger partial charge in [0.25, 0.3) is 5.89 Å². The van der Waals surface area contributed by atoms with E-state index in [0.717, 1.165) is 15.8 Å². The van der Waals surface area contributed by atoms with Crippen molar-refractivity contribution in [3.8, 4) is 17.2 Å². The highest BCUT2D eigenvalue weighted by Gasteiger charge is 2.12. The molecular weight excluding hydrogens is 286 g/mol. The van der Waals surface area contributed by atoms with Crippen molar-refractivity contribution in [2.45, 2.75) is 13.0 Å². The smallest absolute Gasteiger partial charge is 0.258 e. The lowest BCUT2D eigenvalue weighted by molar-refractivity contribution is 0.411. The monoisotopic (exact) mass is 297 g/mol. The second-order valence-electron chi connectivity index (χ2n) is 3.60. The van der Waals surface area contributed by atoms with Gasteiger partial charge in [0.05, 0.1) is 17.6 Å². The van der Waals surface area contributed by atoms with Crippen LogP contribution >= 0.6 is 15.9 Å². The third kappa shape index (κ3) is 2.48. The van der Waals surface area contributed by atoms with E-state index in [4.69, 9.17) is 15.0 Å². The zero-order chi connectivity index (χ0) is 12.4. The first-order chi connectivity index (χ1) is 8.11. The number of hydrogen-bond acceptors (Lipinski definition) is 5. The fraction of sp³-hybridized carbons (Fsp3) is 0.273. The number of nitrogens with zero attached hydrogens (tertiary/aromatic N) is 2. The van der Waals surface area contributed by atoms with Crippen molar-refractivity contribution in [3.63, 3.8) is 0 Å². The van der Waals surface area contributed by atoms with Gasteiger partial charge in [-0.1, -0.05) is 5.16 Å². The van der Waals surface area contributed by atoms with E-state index in [2.05, 4.69) is 26.1 Å². The van der Waals surface area contributed by atoms with Crippen LogP contribution in [0.1, 0.15) is 18.8 Å². The Morgan fingerprint density at radius 2 is 2.24 bits per heavy atom. The van der Waals surface area contributed by atoms with E-state index < -0.39 is 0 Å². The number of benzene rings is 1. The van der Waals surface area contributed by atoms with E-state index >= 15 is 0 Å². The summed E-state index contributed by atoms with van der Waals surface area (Å²) < 4.78 is 11.1. The van der Waals surface area contributed by atoms with Crippen LogP contribution in [0.15, 0.2) is 27.2 Å². The summed E-state index contributed by atoms with van der Waals surface area (Å²) in [4.78, 5) is 4.21. The maximum absolute atomic E-state index is 5.67. The summed E-state index contributed by atoms with van der Waals surface area (Å²) in [5, 5.41) is 3.81. The molecule has 2 aromatic rings. The molecule has 17 heavy (non-hydrogen) atoms. The summed E-state index contributed by atoms with van der Waals surface area (Å²) >= 11 is 3.40. The first-order valence-electron chi connectivity index (χ1n) is 5.05. The van der Waals surface area contributed by atoms with Crippen molar-refractivity contribution in [3.05, 3.63) is 28.5 Å². The Morgan fingerprint density at radius 1 is 1.47 bits per heavy atom. The predicted molar refractivity (Wildman–Crippen MR) is 66.6 cm³/mol. The Morgan fingerprint density at radius 3 is 2.76 bits per heavy atom. The summed E-state index contributed by atoms with van der Waals surface area (Å²) in [6, 6.07) is 5.29. The van der Waals surface area contributed by atoms with Crippen molar-refractivity contribution in [2.24, 2.45) is 5.73 Å². The Hall–Kier alpha value is -1.40. The highest BCUT2D eigenvalue weighted by Crippen LogP contribution is 2.29. The molecule has 2 N–H and O–H groups in total. The van der Waals surface area contributed by atoms with E-state index in [1.807, 2.05) is 18.2 Å². The Labute approximate surface area is 107 Å². The highest BCUT2D eigenvalue weighted by atomic mass is 79.9. The number of halogens is 1. The van der Waals surface area contributed by atoms with Crippen molar-refractivity contribution >= 4 is 15.9 Å². The normalized spacial score (nSPS) is 12.5. The van der Waals surface area contributed by atoms with Gasteiger partial charge in [0.15, 0.2) is 5.82 Å². The zero-order valence-electron chi connectivity index (χ0n) is 9.48. The fourth-order valence-corrected chi connectivity index (χ4v) is 1.88. The first-order valence-corrected chi connectivity index (χ1v) is 5.84. The molecule has 0 spiro atoms. The molecule has 1 aromatic heterocycles. The molecule has 1 aromatic carbocycles. The number of ether oxygens (including phenoxy) is 1. The molecule has 6 heteroatoms. The van der Waals surface area contributed by atoms with Gasteiger partial charge in [-0.3, -0.25) is 0 Å². The summed E-state index contributed by atoms with van der Waals surface area (Å²) in [5.41, 5.74) is 6.48. The highest BCUT2D eigenvalue weighted by molar-refractivity contribution is 9.10. The molecular formula is C11H12BrN3O2. The minimum atomic E-state index is -0.241. The summed E-state index contributed by atoms with van der Waals surface area (Å²) in [7, 11) is 1.61. The van der Waals surface area contributed by atoms with E-state index in [1.165, 1.54) is 0 Å². The lowest BCUT2D eigenvalue weighted by Gasteiger charge is -2.03. The number of rotatable bonds is 3. The number of hydrogen-bond donors (Lipinski definition) is 1. The lowest BCUT2D eigenvalue weighted by atomic mass is 10.2. The molecule has 0 aliphatic carbocycles. The molecule has 0 aliphatic rings. The summed E-state index contributed by atoms with van der Waals surface area (Å²) in [5.74, 6) is 1.69. The Balaban J connectivity index is 2.36. The predicted octanol–water partition coefficient (Wildman–Crippen LogP) is 2.53. The van der Waals surface area contributed by atoms with E-state index in [0.29, 0.717) is 11.7 Å². The molecule has 0 radical (unpaired) electrons. The molecule has 5 nitrogen and oxygen atoms in total. The molecule has 90 valence electrons. The van der Waals surface area contributed by atoms with Gasteiger partial charge in [-0.25, -0.2) is 0 Å². The molecule has 0 bridgehead atoms. The molecule has 0 aliphatic heterocycles. The zero-order valence-corrected chi connectivity index (χ0v) is 11.1.